The van der Waals surface area contributed by atoms with Gasteiger partial charge in [-0.15, -0.1) is 0 Å². The molecular weight excluding hydrogens is 342 g/mol. The van der Waals surface area contributed by atoms with Gasteiger partial charge in [0, 0.05) is 17.0 Å². The minimum absolute atomic E-state index is 0.0395. The highest BCUT2D eigenvalue weighted by Gasteiger charge is 2.22. The Bertz CT molecular complexity index is 1000. The van der Waals surface area contributed by atoms with Gasteiger partial charge in [-0.25, -0.2) is 0 Å². The lowest BCUT2D eigenvalue weighted by Gasteiger charge is -2.20. The molecule has 3 rings (SSSR count). The van der Waals surface area contributed by atoms with Gasteiger partial charge in [-0.05, 0) is 22.6 Å². The van der Waals surface area contributed by atoms with Crippen LogP contribution in [0.3, 0.4) is 0 Å². The van der Waals surface area contributed by atoms with Crippen LogP contribution in [-0.4, -0.2) is 19.1 Å². The first-order chi connectivity index (χ1) is 12.8. The van der Waals surface area contributed by atoms with Gasteiger partial charge in [0.05, 0.1) is 24.5 Å². The molecule has 3 aromatic rings. The number of nitro groups is 1. The number of hydrogen-bond acceptors (Lipinski definition) is 4. The summed E-state index contributed by atoms with van der Waals surface area (Å²) in [6, 6.07) is 14.9. The van der Waals surface area contributed by atoms with Gasteiger partial charge < -0.3 is 9.47 Å². The molecule has 0 aliphatic carbocycles. The van der Waals surface area contributed by atoms with E-state index in [-0.39, 0.29) is 16.0 Å². The highest BCUT2D eigenvalue weighted by atomic mass is 16.6. The molecule has 0 fully saturated rings. The van der Waals surface area contributed by atoms with Crippen LogP contribution >= 0.6 is 0 Å². The largest absolute Gasteiger partial charge is 0.493 e. The van der Waals surface area contributed by atoms with Crippen molar-refractivity contribution in [3.8, 4) is 22.6 Å². The Morgan fingerprint density at radius 3 is 2.11 bits per heavy atom. The summed E-state index contributed by atoms with van der Waals surface area (Å²) in [5.41, 5.74) is 3.00. The Morgan fingerprint density at radius 1 is 0.926 bits per heavy atom. The van der Waals surface area contributed by atoms with E-state index in [1.807, 2.05) is 18.2 Å². The molecule has 0 atom stereocenters. The molecule has 0 amide bonds. The molecule has 0 saturated carbocycles. The minimum atomic E-state index is -0.374. The molecule has 140 valence electrons. The topological polar surface area (TPSA) is 61.6 Å². The molecule has 27 heavy (non-hydrogen) atoms. The third-order valence-corrected chi connectivity index (χ3v) is 4.74. The second-order valence-corrected chi connectivity index (χ2v) is 7.44. The zero-order valence-electron chi connectivity index (χ0n) is 16.2. The number of methoxy groups -OCH3 is 2. The van der Waals surface area contributed by atoms with E-state index in [1.165, 1.54) is 18.7 Å². The van der Waals surface area contributed by atoms with E-state index in [1.54, 1.807) is 19.2 Å². The molecule has 0 aliphatic heterocycles. The summed E-state index contributed by atoms with van der Waals surface area (Å²) in [6.07, 6.45) is 0. The molecule has 5 nitrogen and oxygen atoms in total. The summed E-state index contributed by atoms with van der Waals surface area (Å²) in [4.78, 5) is 11.1. The fourth-order valence-corrected chi connectivity index (χ4v) is 3.30. The number of nitrogens with zero attached hydrogens (tertiary/aromatic N) is 1. The Labute approximate surface area is 158 Å². The van der Waals surface area contributed by atoms with Gasteiger partial charge in [-0.1, -0.05) is 57.2 Å². The van der Waals surface area contributed by atoms with E-state index in [0.717, 1.165) is 16.5 Å². The molecule has 0 saturated heterocycles. The first kappa shape index (κ1) is 18.7. The van der Waals surface area contributed by atoms with Crippen LogP contribution in [0.5, 0.6) is 11.5 Å². The van der Waals surface area contributed by atoms with Gasteiger partial charge in [0.25, 0.3) is 5.69 Å². The van der Waals surface area contributed by atoms with Crippen molar-refractivity contribution in [2.24, 2.45) is 0 Å². The van der Waals surface area contributed by atoms with Crippen LogP contribution in [0.2, 0.25) is 0 Å². The molecule has 0 radical (unpaired) electrons. The Hall–Kier alpha value is -3.08. The van der Waals surface area contributed by atoms with Crippen LogP contribution in [-0.2, 0) is 5.41 Å². The Morgan fingerprint density at radius 2 is 1.59 bits per heavy atom. The van der Waals surface area contributed by atoms with E-state index in [0.29, 0.717) is 16.9 Å². The number of benzene rings is 3. The molecule has 0 aromatic heterocycles. The molecule has 0 spiro atoms. The van der Waals surface area contributed by atoms with Crippen molar-refractivity contribution in [2.45, 2.75) is 26.2 Å². The maximum atomic E-state index is 11.5. The summed E-state index contributed by atoms with van der Waals surface area (Å²) in [6.45, 7) is 6.48. The third-order valence-electron chi connectivity index (χ3n) is 4.74. The van der Waals surface area contributed by atoms with Crippen LogP contribution < -0.4 is 9.47 Å². The van der Waals surface area contributed by atoms with Crippen molar-refractivity contribution in [3.63, 3.8) is 0 Å². The standard InChI is InChI=1S/C22H23NO4/c1-22(2,3)15-11-9-14(10-12-15)20-16-7-6-8-18(23(24)25)17(16)13-19(26-4)21(20)27-5/h6-13H,1-5H3. The van der Waals surface area contributed by atoms with E-state index >= 15 is 0 Å². The molecular formula is C22H23NO4. The second-order valence-electron chi connectivity index (χ2n) is 7.44. The van der Waals surface area contributed by atoms with E-state index in [4.69, 9.17) is 9.47 Å². The quantitative estimate of drug-likeness (QED) is 0.437. The highest BCUT2D eigenvalue weighted by Crippen LogP contribution is 2.46. The average molecular weight is 365 g/mol. The molecule has 5 heteroatoms. The van der Waals surface area contributed by atoms with E-state index in [9.17, 15) is 10.1 Å². The summed E-state index contributed by atoms with van der Waals surface area (Å²) >= 11 is 0. The van der Waals surface area contributed by atoms with Gasteiger partial charge in [0.2, 0.25) is 0 Å². The zero-order chi connectivity index (χ0) is 19.8. The Balaban J connectivity index is 2.36. The minimum Gasteiger partial charge on any atom is -0.493 e. The normalized spacial score (nSPS) is 11.4. The van der Waals surface area contributed by atoms with Gasteiger partial charge in [-0.3, -0.25) is 10.1 Å². The molecule has 3 aromatic carbocycles. The smallest absolute Gasteiger partial charge is 0.277 e. The van der Waals surface area contributed by atoms with Crippen molar-refractivity contribution in [1.29, 1.82) is 0 Å². The molecule has 0 heterocycles. The van der Waals surface area contributed by atoms with Gasteiger partial charge in [-0.2, -0.15) is 0 Å². The van der Waals surface area contributed by atoms with Crippen LogP contribution in [0.1, 0.15) is 26.3 Å². The predicted octanol–water partition coefficient (Wildman–Crippen LogP) is 5.73. The number of nitro benzene ring substituents is 1. The zero-order valence-corrected chi connectivity index (χ0v) is 16.2. The summed E-state index contributed by atoms with van der Waals surface area (Å²) in [5, 5.41) is 12.8. The van der Waals surface area contributed by atoms with Crippen LogP contribution in [0.15, 0.2) is 48.5 Å². The third kappa shape index (κ3) is 3.33. The molecule has 0 aliphatic rings. The first-order valence-electron chi connectivity index (χ1n) is 8.71. The van der Waals surface area contributed by atoms with Gasteiger partial charge in [0.15, 0.2) is 11.5 Å². The van der Waals surface area contributed by atoms with Gasteiger partial charge in [0.1, 0.15) is 0 Å². The molecule has 0 N–H and O–H groups in total. The van der Waals surface area contributed by atoms with Crippen molar-refractivity contribution >= 4 is 16.5 Å². The molecule has 0 unspecified atom stereocenters. The Kier molecular flexibility index (Phi) is 4.79. The summed E-state index contributed by atoms with van der Waals surface area (Å²) < 4.78 is 11.1. The summed E-state index contributed by atoms with van der Waals surface area (Å²) in [7, 11) is 3.11. The van der Waals surface area contributed by atoms with Crippen molar-refractivity contribution < 1.29 is 14.4 Å². The lowest BCUT2D eigenvalue weighted by Crippen LogP contribution is -2.10. The maximum absolute atomic E-state index is 11.5. The number of ether oxygens (including phenoxy) is 2. The average Bonchev–Trinajstić information content (AvgIpc) is 2.65. The van der Waals surface area contributed by atoms with E-state index in [2.05, 4.69) is 32.9 Å². The first-order valence-corrected chi connectivity index (χ1v) is 8.71. The summed E-state index contributed by atoms with van der Waals surface area (Å²) in [5.74, 6) is 1.03. The monoisotopic (exact) mass is 365 g/mol. The lowest BCUT2D eigenvalue weighted by atomic mass is 9.85. The van der Waals surface area contributed by atoms with Crippen LogP contribution in [0.25, 0.3) is 21.9 Å². The fraction of sp³-hybridized carbons (Fsp3) is 0.273. The van der Waals surface area contributed by atoms with E-state index < -0.39 is 0 Å². The van der Waals surface area contributed by atoms with Crippen molar-refractivity contribution in [2.75, 3.05) is 14.2 Å². The molecule has 0 bridgehead atoms. The number of fused-ring (bicyclic) bond motifs is 1. The van der Waals surface area contributed by atoms with Gasteiger partial charge >= 0.3 is 0 Å². The number of non-ortho nitro benzene ring substituents is 1. The van der Waals surface area contributed by atoms with Crippen molar-refractivity contribution in [1.82, 2.24) is 0 Å². The maximum Gasteiger partial charge on any atom is 0.277 e. The second kappa shape index (κ2) is 6.91. The fourth-order valence-electron chi connectivity index (χ4n) is 3.30. The number of hydrogen-bond donors (Lipinski definition) is 0. The lowest BCUT2D eigenvalue weighted by molar-refractivity contribution is -0.383. The van der Waals surface area contributed by atoms with Crippen LogP contribution in [0, 0.1) is 10.1 Å². The SMILES string of the molecule is COc1cc2c([N+](=O)[O-])cccc2c(-c2ccc(C(C)(C)C)cc2)c1OC. The highest BCUT2D eigenvalue weighted by molar-refractivity contribution is 6.05. The van der Waals surface area contributed by atoms with Crippen LogP contribution in [0.4, 0.5) is 5.69 Å². The predicted molar refractivity (Wildman–Crippen MR) is 108 cm³/mol. The van der Waals surface area contributed by atoms with Crippen molar-refractivity contribution in [3.05, 3.63) is 64.2 Å². The number of rotatable bonds is 4.